The van der Waals surface area contributed by atoms with E-state index < -0.39 is 17.5 Å². The summed E-state index contributed by atoms with van der Waals surface area (Å²) in [6.45, 7) is 6.32. The van der Waals surface area contributed by atoms with E-state index in [0.29, 0.717) is 17.7 Å². The number of amides is 3. The number of benzene rings is 2. The first-order valence-electron chi connectivity index (χ1n) is 10.3. The number of nitrogens with zero attached hydrogens (tertiary/aromatic N) is 1. The van der Waals surface area contributed by atoms with Gasteiger partial charge in [0.1, 0.15) is 0 Å². The van der Waals surface area contributed by atoms with E-state index in [-0.39, 0.29) is 18.9 Å². The minimum Gasteiger partial charge on any atom is -0.466 e. The van der Waals surface area contributed by atoms with Crippen molar-refractivity contribution in [2.45, 2.75) is 45.6 Å². The van der Waals surface area contributed by atoms with Crippen LogP contribution in [0, 0.1) is 13.8 Å². The molecule has 30 heavy (non-hydrogen) atoms. The van der Waals surface area contributed by atoms with Gasteiger partial charge in [-0.05, 0) is 42.5 Å². The van der Waals surface area contributed by atoms with E-state index in [1.807, 2.05) is 69.3 Å². The van der Waals surface area contributed by atoms with E-state index in [1.54, 1.807) is 0 Å². The molecule has 1 aliphatic rings. The van der Waals surface area contributed by atoms with Crippen LogP contribution in [0.3, 0.4) is 0 Å². The molecule has 1 heterocycles. The molecule has 1 saturated heterocycles. The largest absolute Gasteiger partial charge is 0.466 e. The lowest BCUT2D eigenvalue weighted by Crippen LogP contribution is -2.45. The standard InChI is InChI=1S/C24H28N2O4/c1-4-5-15-30-21(27)13-14-26-22(28)24(25-23(26)29,19-9-7-6-8-10-19)20-12-11-17(2)18(3)16-20/h6-12,16H,4-5,13-15H2,1-3H3,(H,25,29)/t24-/m0/s1. The number of imide groups is 1. The fraction of sp³-hybridized carbons (Fsp3) is 0.375. The average molecular weight is 408 g/mol. The Hall–Kier alpha value is -3.15. The molecule has 0 aliphatic carbocycles. The fourth-order valence-corrected chi connectivity index (χ4v) is 3.61. The van der Waals surface area contributed by atoms with E-state index in [2.05, 4.69) is 5.32 Å². The molecule has 6 nitrogen and oxygen atoms in total. The molecule has 0 radical (unpaired) electrons. The van der Waals surface area contributed by atoms with Gasteiger partial charge in [-0.3, -0.25) is 14.5 Å². The summed E-state index contributed by atoms with van der Waals surface area (Å²) in [5, 5.41) is 2.91. The average Bonchev–Trinajstić information content (AvgIpc) is 3.00. The summed E-state index contributed by atoms with van der Waals surface area (Å²) in [4.78, 5) is 39.5. The van der Waals surface area contributed by atoms with Crippen LogP contribution in [0.15, 0.2) is 48.5 Å². The molecule has 2 aromatic rings. The second-order valence-corrected chi connectivity index (χ2v) is 7.63. The third-order valence-electron chi connectivity index (χ3n) is 5.55. The molecule has 0 bridgehead atoms. The molecule has 1 N–H and O–H groups in total. The van der Waals surface area contributed by atoms with Crippen molar-refractivity contribution in [1.82, 2.24) is 10.2 Å². The second kappa shape index (κ2) is 9.11. The van der Waals surface area contributed by atoms with Crippen molar-refractivity contribution in [2.75, 3.05) is 13.2 Å². The summed E-state index contributed by atoms with van der Waals surface area (Å²) in [6, 6.07) is 14.4. The lowest BCUT2D eigenvalue weighted by Gasteiger charge is -2.28. The van der Waals surface area contributed by atoms with Crippen molar-refractivity contribution in [3.63, 3.8) is 0 Å². The van der Waals surface area contributed by atoms with Crippen LogP contribution in [0.2, 0.25) is 0 Å². The molecule has 0 unspecified atom stereocenters. The number of nitrogens with one attached hydrogen (secondary N) is 1. The van der Waals surface area contributed by atoms with Crippen LogP contribution in [0.4, 0.5) is 4.79 Å². The van der Waals surface area contributed by atoms with E-state index >= 15 is 0 Å². The zero-order valence-corrected chi connectivity index (χ0v) is 17.7. The zero-order chi connectivity index (χ0) is 21.7. The van der Waals surface area contributed by atoms with Crippen molar-refractivity contribution >= 4 is 17.9 Å². The Morgan fingerprint density at radius 2 is 1.77 bits per heavy atom. The molecule has 3 rings (SSSR count). The minimum atomic E-state index is -1.32. The Kier molecular flexibility index (Phi) is 6.55. The van der Waals surface area contributed by atoms with E-state index in [4.69, 9.17) is 4.74 Å². The molecule has 158 valence electrons. The predicted molar refractivity (Wildman–Crippen MR) is 114 cm³/mol. The van der Waals surface area contributed by atoms with E-state index in [0.717, 1.165) is 28.9 Å². The number of carbonyl (C=O) groups is 3. The first-order chi connectivity index (χ1) is 14.4. The number of ether oxygens (including phenoxy) is 1. The Morgan fingerprint density at radius 3 is 2.43 bits per heavy atom. The molecule has 1 fully saturated rings. The topological polar surface area (TPSA) is 75.7 Å². The molecular weight excluding hydrogens is 380 g/mol. The number of rotatable bonds is 8. The number of aryl methyl sites for hydroxylation is 2. The minimum absolute atomic E-state index is 0.0188. The summed E-state index contributed by atoms with van der Waals surface area (Å²) >= 11 is 0. The molecule has 1 atom stereocenters. The Morgan fingerprint density at radius 1 is 1.03 bits per heavy atom. The monoisotopic (exact) mass is 408 g/mol. The van der Waals surface area contributed by atoms with Gasteiger partial charge in [0, 0.05) is 6.54 Å². The SMILES string of the molecule is CCCCOC(=O)CCN1C(=O)N[C@@](c2ccccc2)(c2ccc(C)c(C)c2)C1=O. The van der Waals surface area contributed by atoms with Crippen LogP contribution in [0.5, 0.6) is 0 Å². The molecule has 0 saturated carbocycles. The number of hydrogen-bond acceptors (Lipinski definition) is 4. The summed E-state index contributed by atoms with van der Waals surface area (Å²) < 4.78 is 5.15. The van der Waals surface area contributed by atoms with Crippen LogP contribution in [0.1, 0.15) is 48.4 Å². The highest BCUT2D eigenvalue weighted by atomic mass is 16.5. The summed E-state index contributed by atoms with van der Waals surface area (Å²) in [5.74, 6) is -0.796. The van der Waals surface area contributed by atoms with Crippen LogP contribution >= 0.6 is 0 Å². The molecule has 0 spiro atoms. The van der Waals surface area contributed by atoms with Crippen LogP contribution < -0.4 is 5.32 Å². The van der Waals surface area contributed by atoms with Crippen LogP contribution in [-0.2, 0) is 19.9 Å². The van der Waals surface area contributed by atoms with E-state index in [9.17, 15) is 14.4 Å². The number of esters is 1. The van der Waals surface area contributed by atoms with Crippen LogP contribution in [0.25, 0.3) is 0 Å². The van der Waals surface area contributed by atoms with Crippen molar-refractivity contribution < 1.29 is 19.1 Å². The molecule has 3 amide bonds. The molecule has 0 aromatic heterocycles. The summed E-state index contributed by atoms with van der Waals surface area (Å²) in [5.41, 5.74) is 2.19. The fourth-order valence-electron chi connectivity index (χ4n) is 3.61. The van der Waals surface area contributed by atoms with Crippen molar-refractivity contribution in [1.29, 1.82) is 0 Å². The Bertz CT molecular complexity index is 941. The lowest BCUT2D eigenvalue weighted by atomic mass is 9.81. The highest BCUT2D eigenvalue weighted by molar-refractivity contribution is 6.09. The quantitative estimate of drug-likeness (QED) is 0.409. The van der Waals surface area contributed by atoms with Crippen molar-refractivity contribution in [3.8, 4) is 0 Å². The molecule has 6 heteroatoms. The first kappa shape index (κ1) is 21.6. The molecule has 2 aromatic carbocycles. The predicted octanol–water partition coefficient (Wildman–Crippen LogP) is 3.83. The van der Waals surface area contributed by atoms with E-state index in [1.165, 1.54) is 0 Å². The number of carbonyl (C=O) groups excluding carboxylic acids is 3. The maximum Gasteiger partial charge on any atom is 0.325 e. The molecular formula is C24H28N2O4. The van der Waals surface area contributed by atoms with Gasteiger partial charge >= 0.3 is 12.0 Å². The maximum absolute atomic E-state index is 13.6. The van der Waals surface area contributed by atoms with Gasteiger partial charge in [-0.1, -0.05) is 61.9 Å². The van der Waals surface area contributed by atoms with Gasteiger partial charge < -0.3 is 10.1 Å². The van der Waals surface area contributed by atoms with Gasteiger partial charge in [-0.2, -0.15) is 0 Å². The number of hydrogen-bond donors (Lipinski definition) is 1. The third kappa shape index (κ3) is 4.08. The first-order valence-corrected chi connectivity index (χ1v) is 10.3. The number of urea groups is 1. The van der Waals surface area contributed by atoms with Gasteiger partial charge in [0.25, 0.3) is 5.91 Å². The van der Waals surface area contributed by atoms with Gasteiger partial charge in [-0.15, -0.1) is 0 Å². The van der Waals surface area contributed by atoms with Crippen molar-refractivity contribution in [3.05, 3.63) is 70.8 Å². The van der Waals surface area contributed by atoms with Crippen molar-refractivity contribution in [2.24, 2.45) is 0 Å². The Labute approximate surface area is 177 Å². The van der Waals surface area contributed by atoms with Gasteiger partial charge in [0.05, 0.1) is 13.0 Å². The van der Waals surface area contributed by atoms with Gasteiger partial charge in [-0.25, -0.2) is 4.79 Å². The maximum atomic E-state index is 13.6. The Balaban J connectivity index is 1.91. The third-order valence-corrected chi connectivity index (χ3v) is 5.55. The highest BCUT2D eigenvalue weighted by Gasteiger charge is 2.53. The van der Waals surface area contributed by atoms with Gasteiger partial charge in [0.2, 0.25) is 0 Å². The smallest absolute Gasteiger partial charge is 0.325 e. The number of unbranched alkanes of at least 4 members (excludes halogenated alkanes) is 1. The highest BCUT2D eigenvalue weighted by Crippen LogP contribution is 2.36. The lowest BCUT2D eigenvalue weighted by molar-refractivity contribution is -0.144. The molecule has 1 aliphatic heterocycles. The van der Waals surface area contributed by atoms with Crippen LogP contribution in [-0.4, -0.2) is 36.0 Å². The zero-order valence-electron chi connectivity index (χ0n) is 17.7. The second-order valence-electron chi connectivity index (χ2n) is 7.63. The summed E-state index contributed by atoms with van der Waals surface area (Å²) in [7, 11) is 0. The van der Waals surface area contributed by atoms with Gasteiger partial charge in [0.15, 0.2) is 5.54 Å². The normalized spacial score (nSPS) is 18.4. The summed E-state index contributed by atoms with van der Waals surface area (Å²) in [6.07, 6.45) is 1.69.